The number of ether oxygens (including phenoxy) is 1. The van der Waals surface area contributed by atoms with E-state index >= 15 is 0 Å². The molecule has 0 spiro atoms. The Labute approximate surface area is 126 Å². The zero-order valence-electron chi connectivity index (χ0n) is 11.2. The first kappa shape index (κ1) is 17.4. The molecule has 0 radical (unpaired) electrons. The van der Waals surface area contributed by atoms with Crippen molar-refractivity contribution in [3.05, 3.63) is 15.3 Å². The minimum Gasteiger partial charge on any atom is -0.481 e. The van der Waals surface area contributed by atoms with Gasteiger partial charge in [-0.2, -0.15) is 0 Å². The lowest BCUT2D eigenvalue weighted by molar-refractivity contribution is -0.138. The predicted octanol–water partition coefficient (Wildman–Crippen LogP) is 1.87. The highest BCUT2D eigenvalue weighted by molar-refractivity contribution is 7.89. The molecule has 0 fully saturated rings. The molecular formula is C11H16ClNO5S2. The van der Waals surface area contributed by atoms with E-state index in [1.807, 2.05) is 0 Å². The first-order valence-electron chi connectivity index (χ1n) is 5.70. The number of hydrogen-bond donors (Lipinski definition) is 2. The van der Waals surface area contributed by atoms with Gasteiger partial charge in [0, 0.05) is 12.0 Å². The highest BCUT2D eigenvalue weighted by Gasteiger charge is 2.28. The second-order valence-corrected chi connectivity index (χ2v) is 7.81. The third-order valence-corrected chi connectivity index (χ3v) is 5.70. The molecule has 1 aromatic rings. The standard InChI is InChI=1S/C11H16ClNO5S2/c1-6(18-3)8(4-11(14)15)13-20(16,17)9-5-10(12)19-7(9)2/h5-6,8,13H,4H2,1-3H3,(H,14,15)/t6-,8-/m1/s1. The van der Waals surface area contributed by atoms with E-state index in [4.69, 9.17) is 21.4 Å². The average Bonchev–Trinajstić information content (AvgIpc) is 2.66. The molecule has 0 bridgehead atoms. The molecular weight excluding hydrogens is 326 g/mol. The lowest BCUT2D eigenvalue weighted by atomic mass is 10.1. The number of sulfonamides is 1. The van der Waals surface area contributed by atoms with Crippen LogP contribution in [0.4, 0.5) is 0 Å². The maximum absolute atomic E-state index is 12.3. The molecule has 9 heteroatoms. The largest absolute Gasteiger partial charge is 0.481 e. The molecule has 0 saturated carbocycles. The highest BCUT2D eigenvalue weighted by atomic mass is 35.5. The van der Waals surface area contributed by atoms with E-state index in [9.17, 15) is 13.2 Å². The number of thiophene rings is 1. The number of rotatable bonds is 7. The van der Waals surface area contributed by atoms with Crippen LogP contribution in [-0.2, 0) is 19.6 Å². The van der Waals surface area contributed by atoms with Crippen molar-refractivity contribution < 1.29 is 23.1 Å². The second kappa shape index (κ2) is 6.86. The Morgan fingerprint density at radius 1 is 1.60 bits per heavy atom. The summed E-state index contributed by atoms with van der Waals surface area (Å²) in [5.41, 5.74) is 0. The van der Waals surface area contributed by atoms with Gasteiger partial charge in [-0.05, 0) is 19.9 Å². The van der Waals surface area contributed by atoms with Crippen LogP contribution in [0.5, 0.6) is 0 Å². The molecule has 6 nitrogen and oxygen atoms in total. The molecule has 0 unspecified atom stereocenters. The number of aryl methyl sites for hydroxylation is 1. The van der Waals surface area contributed by atoms with Crippen molar-refractivity contribution in [1.29, 1.82) is 0 Å². The minimum absolute atomic E-state index is 0.0613. The molecule has 2 atom stereocenters. The van der Waals surface area contributed by atoms with Crippen LogP contribution in [0.3, 0.4) is 0 Å². The van der Waals surface area contributed by atoms with Crippen molar-refractivity contribution in [3.8, 4) is 0 Å². The molecule has 0 aliphatic carbocycles. The highest BCUT2D eigenvalue weighted by Crippen LogP contribution is 2.29. The fourth-order valence-electron chi connectivity index (χ4n) is 1.62. The zero-order valence-corrected chi connectivity index (χ0v) is 13.6. The summed E-state index contributed by atoms with van der Waals surface area (Å²) in [5.74, 6) is -1.11. The van der Waals surface area contributed by atoms with Gasteiger partial charge in [-0.15, -0.1) is 11.3 Å². The lowest BCUT2D eigenvalue weighted by Gasteiger charge is -2.22. The van der Waals surface area contributed by atoms with Gasteiger partial charge < -0.3 is 9.84 Å². The number of nitrogens with one attached hydrogen (secondary N) is 1. The summed E-state index contributed by atoms with van der Waals surface area (Å²) in [5, 5.41) is 8.84. The fraction of sp³-hybridized carbons (Fsp3) is 0.545. The van der Waals surface area contributed by atoms with E-state index in [1.165, 1.54) is 13.2 Å². The molecule has 0 aliphatic rings. The Morgan fingerprint density at radius 2 is 2.20 bits per heavy atom. The number of methoxy groups -OCH3 is 1. The summed E-state index contributed by atoms with van der Waals surface area (Å²) >= 11 is 6.94. The van der Waals surface area contributed by atoms with Gasteiger partial charge in [0.15, 0.2) is 0 Å². The van der Waals surface area contributed by atoms with Crippen molar-refractivity contribution in [1.82, 2.24) is 4.72 Å². The molecule has 0 aliphatic heterocycles. The Hall–Kier alpha value is -0.670. The van der Waals surface area contributed by atoms with Gasteiger partial charge >= 0.3 is 5.97 Å². The molecule has 1 heterocycles. The average molecular weight is 342 g/mol. The first-order chi connectivity index (χ1) is 9.17. The summed E-state index contributed by atoms with van der Waals surface area (Å²) < 4.78 is 32.3. The maximum atomic E-state index is 12.3. The number of hydrogen-bond acceptors (Lipinski definition) is 5. The summed E-state index contributed by atoms with van der Waals surface area (Å²) in [6.07, 6.45) is -0.944. The van der Waals surface area contributed by atoms with E-state index in [0.29, 0.717) is 9.21 Å². The lowest BCUT2D eigenvalue weighted by Crippen LogP contribution is -2.44. The summed E-state index contributed by atoms with van der Waals surface area (Å²) in [6.45, 7) is 3.24. The van der Waals surface area contributed by atoms with Gasteiger partial charge in [-0.25, -0.2) is 13.1 Å². The number of aliphatic carboxylic acids is 1. The van der Waals surface area contributed by atoms with Gasteiger partial charge in [-0.3, -0.25) is 4.79 Å². The van der Waals surface area contributed by atoms with E-state index in [-0.39, 0.29) is 11.3 Å². The topological polar surface area (TPSA) is 92.7 Å². The van der Waals surface area contributed by atoms with Gasteiger partial charge in [-0.1, -0.05) is 11.6 Å². The zero-order chi connectivity index (χ0) is 15.5. The summed E-state index contributed by atoms with van der Waals surface area (Å²) in [6, 6.07) is 0.486. The van der Waals surface area contributed by atoms with Crippen molar-refractivity contribution in [2.75, 3.05) is 7.11 Å². The molecule has 1 rings (SSSR count). The second-order valence-electron chi connectivity index (χ2n) is 4.24. The van der Waals surface area contributed by atoms with Crippen molar-refractivity contribution in [3.63, 3.8) is 0 Å². The first-order valence-corrected chi connectivity index (χ1v) is 8.38. The molecule has 1 aromatic heterocycles. The molecule has 20 heavy (non-hydrogen) atoms. The van der Waals surface area contributed by atoms with Crippen molar-refractivity contribution in [2.45, 2.75) is 37.3 Å². The monoisotopic (exact) mass is 341 g/mol. The quantitative estimate of drug-likeness (QED) is 0.789. The SMILES string of the molecule is CO[C@H](C)[C@@H](CC(=O)O)NS(=O)(=O)c1cc(Cl)sc1C. The van der Waals surface area contributed by atoms with Crippen molar-refractivity contribution >= 4 is 38.9 Å². The van der Waals surface area contributed by atoms with Gasteiger partial charge in [0.25, 0.3) is 0 Å². The van der Waals surface area contributed by atoms with Crippen LogP contribution in [0.25, 0.3) is 0 Å². The van der Waals surface area contributed by atoms with Crippen LogP contribution in [0.2, 0.25) is 4.34 Å². The van der Waals surface area contributed by atoms with E-state index in [0.717, 1.165) is 11.3 Å². The molecule has 2 N–H and O–H groups in total. The number of carboxylic acid groups (broad SMARTS) is 1. The minimum atomic E-state index is -3.84. The molecule has 114 valence electrons. The third kappa shape index (κ3) is 4.42. The van der Waals surface area contributed by atoms with Gasteiger partial charge in [0.1, 0.15) is 0 Å². The Bertz CT molecular complexity index is 584. The number of carboxylic acids is 1. The summed E-state index contributed by atoms with van der Waals surface area (Å²) in [7, 11) is -2.45. The molecule has 0 saturated heterocycles. The van der Waals surface area contributed by atoms with Crippen molar-refractivity contribution in [2.24, 2.45) is 0 Å². The van der Waals surface area contributed by atoms with Crippen LogP contribution in [-0.4, -0.2) is 38.7 Å². The Morgan fingerprint density at radius 3 is 2.60 bits per heavy atom. The predicted molar refractivity (Wildman–Crippen MR) is 76.9 cm³/mol. The summed E-state index contributed by atoms with van der Waals surface area (Å²) in [4.78, 5) is 11.4. The smallest absolute Gasteiger partial charge is 0.305 e. The Balaban J connectivity index is 3.02. The van der Waals surface area contributed by atoms with Crippen LogP contribution in [0.1, 0.15) is 18.2 Å². The van der Waals surface area contributed by atoms with Gasteiger partial charge in [0.2, 0.25) is 10.0 Å². The van der Waals surface area contributed by atoms with Crippen LogP contribution < -0.4 is 4.72 Å². The van der Waals surface area contributed by atoms with Crippen LogP contribution in [0.15, 0.2) is 11.0 Å². The van der Waals surface area contributed by atoms with E-state index < -0.39 is 28.1 Å². The maximum Gasteiger partial charge on any atom is 0.305 e. The van der Waals surface area contributed by atoms with Crippen LogP contribution in [0, 0.1) is 6.92 Å². The molecule has 0 amide bonds. The van der Waals surface area contributed by atoms with Crippen LogP contribution >= 0.6 is 22.9 Å². The van der Waals surface area contributed by atoms with Gasteiger partial charge in [0.05, 0.1) is 27.8 Å². The number of halogens is 1. The van der Waals surface area contributed by atoms with E-state index in [2.05, 4.69) is 4.72 Å². The molecule has 0 aromatic carbocycles. The third-order valence-electron chi connectivity index (χ3n) is 2.77. The fourth-order valence-corrected chi connectivity index (χ4v) is 4.75. The number of carbonyl (C=O) groups is 1. The normalized spacial score (nSPS) is 15.0. The Kier molecular flexibility index (Phi) is 5.96. The van der Waals surface area contributed by atoms with E-state index in [1.54, 1.807) is 13.8 Å².